The second-order valence-electron chi connectivity index (χ2n) is 5.19. The summed E-state index contributed by atoms with van der Waals surface area (Å²) in [5.74, 6) is 1.51. The van der Waals surface area contributed by atoms with Crippen molar-refractivity contribution in [3.63, 3.8) is 0 Å². The summed E-state index contributed by atoms with van der Waals surface area (Å²) in [5.41, 5.74) is 1.27. The molecule has 0 aromatic carbocycles. The Balaban J connectivity index is 2.16. The molecule has 0 saturated heterocycles. The van der Waals surface area contributed by atoms with Gasteiger partial charge in [-0.3, -0.25) is 4.68 Å². The Morgan fingerprint density at radius 1 is 1.44 bits per heavy atom. The van der Waals surface area contributed by atoms with E-state index in [0.29, 0.717) is 12.0 Å². The van der Waals surface area contributed by atoms with Gasteiger partial charge < -0.3 is 10.1 Å². The van der Waals surface area contributed by atoms with Crippen molar-refractivity contribution in [2.45, 2.75) is 51.0 Å². The smallest absolute Gasteiger partial charge is 0.160 e. The van der Waals surface area contributed by atoms with Crippen LogP contribution in [0.5, 0.6) is 5.75 Å². The van der Waals surface area contributed by atoms with Crippen LogP contribution in [0.15, 0.2) is 6.20 Å². The maximum absolute atomic E-state index is 5.45. The first-order valence-electron chi connectivity index (χ1n) is 7.05. The van der Waals surface area contributed by atoms with Crippen LogP contribution in [-0.4, -0.2) is 29.5 Å². The molecule has 0 amide bonds. The highest BCUT2D eigenvalue weighted by molar-refractivity contribution is 5.29. The van der Waals surface area contributed by atoms with Gasteiger partial charge in [0.1, 0.15) is 0 Å². The zero-order valence-corrected chi connectivity index (χ0v) is 11.8. The first-order chi connectivity index (χ1) is 8.76. The zero-order chi connectivity index (χ0) is 13.0. The molecule has 1 aliphatic carbocycles. The zero-order valence-electron chi connectivity index (χ0n) is 11.8. The number of aromatic nitrogens is 2. The SMILES string of the molecule is CCNC1CCCCC(c2c(OC)cnn2C)C1. The normalized spacial score (nSPS) is 24.8. The first-order valence-corrected chi connectivity index (χ1v) is 7.05. The van der Waals surface area contributed by atoms with E-state index in [-0.39, 0.29) is 0 Å². The van der Waals surface area contributed by atoms with Crippen LogP contribution in [0.2, 0.25) is 0 Å². The lowest BCUT2D eigenvalue weighted by molar-refractivity contribution is 0.389. The maximum Gasteiger partial charge on any atom is 0.160 e. The molecular weight excluding hydrogens is 226 g/mol. The van der Waals surface area contributed by atoms with Gasteiger partial charge in [-0.1, -0.05) is 19.8 Å². The van der Waals surface area contributed by atoms with Gasteiger partial charge in [0.2, 0.25) is 0 Å². The van der Waals surface area contributed by atoms with E-state index in [9.17, 15) is 0 Å². The predicted octanol–water partition coefficient (Wildman–Crippen LogP) is 2.45. The second kappa shape index (κ2) is 6.23. The van der Waals surface area contributed by atoms with Crippen LogP contribution in [0, 0.1) is 0 Å². The molecule has 0 bridgehead atoms. The third-order valence-corrected chi connectivity index (χ3v) is 3.97. The molecule has 1 fully saturated rings. The maximum atomic E-state index is 5.45. The Bertz CT molecular complexity index is 375. The van der Waals surface area contributed by atoms with Crippen molar-refractivity contribution in [2.75, 3.05) is 13.7 Å². The van der Waals surface area contributed by atoms with Gasteiger partial charge in [0, 0.05) is 19.0 Å². The number of hydrogen-bond donors (Lipinski definition) is 1. The molecule has 1 aliphatic rings. The van der Waals surface area contributed by atoms with Crippen LogP contribution in [0.25, 0.3) is 0 Å². The van der Waals surface area contributed by atoms with E-state index < -0.39 is 0 Å². The third kappa shape index (κ3) is 2.86. The molecule has 1 heterocycles. The van der Waals surface area contributed by atoms with Crippen molar-refractivity contribution >= 4 is 0 Å². The molecule has 4 nitrogen and oxygen atoms in total. The Morgan fingerprint density at radius 2 is 2.22 bits per heavy atom. The van der Waals surface area contributed by atoms with Gasteiger partial charge >= 0.3 is 0 Å². The van der Waals surface area contributed by atoms with Gasteiger partial charge in [-0.2, -0.15) is 5.10 Å². The Morgan fingerprint density at radius 3 is 2.94 bits per heavy atom. The van der Waals surface area contributed by atoms with E-state index in [1.165, 1.54) is 37.8 Å². The van der Waals surface area contributed by atoms with Crippen molar-refractivity contribution in [3.05, 3.63) is 11.9 Å². The second-order valence-corrected chi connectivity index (χ2v) is 5.19. The highest BCUT2D eigenvalue weighted by Crippen LogP contribution is 2.36. The lowest BCUT2D eigenvalue weighted by Crippen LogP contribution is -2.29. The summed E-state index contributed by atoms with van der Waals surface area (Å²) in [6.45, 7) is 3.24. The number of nitrogens with zero attached hydrogens (tertiary/aromatic N) is 2. The standard InChI is InChI=1S/C14H25N3O/c1-4-15-12-8-6-5-7-11(9-12)14-13(18-3)10-16-17(14)2/h10-12,15H,4-9H2,1-3H3. The van der Waals surface area contributed by atoms with E-state index >= 15 is 0 Å². The highest BCUT2D eigenvalue weighted by Gasteiger charge is 2.25. The number of rotatable bonds is 4. The predicted molar refractivity (Wildman–Crippen MR) is 73.1 cm³/mol. The van der Waals surface area contributed by atoms with Gasteiger partial charge in [-0.15, -0.1) is 0 Å². The van der Waals surface area contributed by atoms with Crippen molar-refractivity contribution in [3.8, 4) is 5.75 Å². The van der Waals surface area contributed by atoms with Gasteiger partial charge in [-0.25, -0.2) is 0 Å². The van der Waals surface area contributed by atoms with Crippen LogP contribution in [0.1, 0.15) is 50.6 Å². The molecule has 102 valence electrons. The highest BCUT2D eigenvalue weighted by atomic mass is 16.5. The fraction of sp³-hybridized carbons (Fsp3) is 0.786. The fourth-order valence-electron chi connectivity index (χ4n) is 3.13. The average Bonchev–Trinajstić information content (AvgIpc) is 2.59. The van der Waals surface area contributed by atoms with E-state index in [0.717, 1.165) is 12.3 Å². The van der Waals surface area contributed by atoms with Crippen molar-refractivity contribution in [1.29, 1.82) is 0 Å². The molecular formula is C14H25N3O. The first kappa shape index (κ1) is 13.4. The number of hydrogen-bond acceptors (Lipinski definition) is 3. The van der Waals surface area contributed by atoms with Crippen LogP contribution >= 0.6 is 0 Å². The lowest BCUT2D eigenvalue weighted by Gasteiger charge is -2.21. The quantitative estimate of drug-likeness (QED) is 0.835. The summed E-state index contributed by atoms with van der Waals surface area (Å²) in [4.78, 5) is 0. The molecule has 2 atom stereocenters. The van der Waals surface area contributed by atoms with Crippen LogP contribution in [0.4, 0.5) is 0 Å². The Hall–Kier alpha value is -1.03. The van der Waals surface area contributed by atoms with E-state index in [4.69, 9.17) is 4.74 Å². The molecule has 1 saturated carbocycles. The number of methoxy groups -OCH3 is 1. The van der Waals surface area contributed by atoms with Crippen molar-refractivity contribution in [1.82, 2.24) is 15.1 Å². The van der Waals surface area contributed by atoms with Gasteiger partial charge in [0.15, 0.2) is 5.75 Å². The van der Waals surface area contributed by atoms with Gasteiger partial charge in [0.05, 0.1) is 19.0 Å². The Labute approximate surface area is 110 Å². The van der Waals surface area contributed by atoms with Crippen molar-refractivity contribution < 1.29 is 4.74 Å². The summed E-state index contributed by atoms with van der Waals surface area (Å²) in [6, 6.07) is 0.641. The Kier molecular flexibility index (Phi) is 4.64. The molecule has 2 rings (SSSR count). The van der Waals surface area contributed by atoms with Crippen molar-refractivity contribution in [2.24, 2.45) is 7.05 Å². The molecule has 1 aromatic rings. The number of nitrogens with one attached hydrogen (secondary N) is 1. The molecule has 0 spiro atoms. The van der Waals surface area contributed by atoms with E-state index in [2.05, 4.69) is 17.3 Å². The molecule has 2 unspecified atom stereocenters. The minimum Gasteiger partial charge on any atom is -0.493 e. The molecule has 4 heteroatoms. The monoisotopic (exact) mass is 251 g/mol. The summed E-state index contributed by atoms with van der Waals surface area (Å²) in [6.07, 6.45) is 8.21. The summed E-state index contributed by atoms with van der Waals surface area (Å²) in [5, 5.41) is 7.94. The average molecular weight is 251 g/mol. The lowest BCUT2D eigenvalue weighted by atomic mass is 9.94. The number of ether oxygens (including phenoxy) is 1. The third-order valence-electron chi connectivity index (χ3n) is 3.97. The fourth-order valence-corrected chi connectivity index (χ4v) is 3.13. The summed E-state index contributed by atoms with van der Waals surface area (Å²) >= 11 is 0. The van der Waals surface area contributed by atoms with E-state index in [1.54, 1.807) is 7.11 Å². The summed E-state index contributed by atoms with van der Waals surface area (Å²) < 4.78 is 7.44. The van der Waals surface area contributed by atoms with E-state index in [1.807, 2.05) is 17.9 Å². The molecule has 0 radical (unpaired) electrons. The summed E-state index contributed by atoms with van der Waals surface area (Å²) in [7, 11) is 3.75. The molecule has 18 heavy (non-hydrogen) atoms. The van der Waals surface area contributed by atoms with Crippen LogP contribution in [-0.2, 0) is 7.05 Å². The van der Waals surface area contributed by atoms with Crippen LogP contribution < -0.4 is 10.1 Å². The molecule has 1 N–H and O–H groups in total. The molecule has 0 aliphatic heterocycles. The van der Waals surface area contributed by atoms with Gasteiger partial charge in [-0.05, 0) is 25.8 Å². The molecule has 1 aromatic heterocycles. The minimum atomic E-state index is 0.569. The largest absolute Gasteiger partial charge is 0.493 e. The van der Waals surface area contributed by atoms with Crippen LogP contribution in [0.3, 0.4) is 0 Å². The minimum absolute atomic E-state index is 0.569. The number of aryl methyl sites for hydroxylation is 1. The topological polar surface area (TPSA) is 39.1 Å². The van der Waals surface area contributed by atoms with Gasteiger partial charge in [0.25, 0.3) is 0 Å².